The van der Waals surface area contributed by atoms with Crippen molar-refractivity contribution in [3.05, 3.63) is 0 Å². The molecular weight excluding hydrogens is 186 g/mol. The number of nitrogens with one attached hydrogen (secondary N) is 1. The van der Waals surface area contributed by atoms with Crippen molar-refractivity contribution in [2.75, 3.05) is 13.7 Å². The maximum absolute atomic E-state index is 11.2. The van der Waals surface area contributed by atoms with Gasteiger partial charge in [0.05, 0.1) is 12.5 Å². The molecule has 0 aliphatic heterocycles. The molecule has 0 heterocycles. The Kier molecular flexibility index (Phi) is 5.67. The van der Waals surface area contributed by atoms with E-state index in [1.165, 1.54) is 7.05 Å². The number of amides is 1. The van der Waals surface area contributed by atoms with Crippen LogP contribution < -0.4 is 5.32 Å². The van der Waals surface area contributed by atoms with E-state index in [2.05, 4.69) is 5.32 Å². The van der Waals surface area contributed by atoms with Crippen molar-refractivity contribution in [3.8, 4) is 0 Å². The fourth-order valence-electron chi connectivity index (χ4n) is 0.795. The minimum atomic E-state index is -0.548. The molecule has 0 aliphatic rings. The molecule has 14 heavy (non-hydrogen) atoms. The van der Waals surface area contributed by atoms with Gasteiger partial charge < -0.3 is 14.8 Å². The summed E-state index contributed by atoms with van der Waals surface area (Å²) in [5.74, 6) is -0.809. The summed E-state index contributed by atoms with van der Waals surface area (Å²) in [6.45, 7) is 5.37. The molecule has 0 saturated carbocycles. The summed E-state index contributed by atoms with van der Waals surface area (Å²) in [6, 6.07) is 0. The Hall–Kier alpha value is -1.26. The highest BCUT2D eigenvalue weighted by Crippen LogP contribution is 2.09. The van der Waals surface area contributed by atoms with Crippen LogP contribution in [-0.2, 0) is 14.3 Å². The number of alkyl carbamates (subject to hydrolysis) is 1. The quantitative estimate of drug-likeness (QED) is 0.690. The lowest BCUT2D eigenvalue weighted by molar-refractivity contribution is -0.150. The van der Waals surface area contributed by atoms with E-state index in [1.807, 2.05) is 0 Å². The Bertz CT molecular complexity index is 205. The number of carbonyl (C=O) groups is 2. The third kappa shape index (κ3) is 4.11. The highest BCUT2D eigenvalue weighted by atomic mass is 16.6. The summed E-state index contributed by atoms with van der Waals surface area (Å²) in [6.07, 6.45) is -1.04. The molecule has 0 aliphatic carbocycles. The van der Waals surface area contributed by atoms with E-state index < -0.39 is 18.1 Å². The van der Waals surface area contributed by atoms with E-state index >= 15 is 0 Å². The largest absolute Gasteiger partial charge is 0.466 e. The number of carbonyl (C=O) groups excluding carboxylic acids is 2. The third-order valence-electron chi connectivity index (χ3n) is 1.86. The molecule has 82 valence electrons. The van der Waals surface area contributed by atoms with E-state index in [4.69, 9.17) is 9.47 Å². The van der Waals surface area contributed by atoms with E-state index in [9.17, 15) is 9.59 Å². The van der Waals surface area contributed by atoms with Crippen molar-refractivity contribution in [1.82, 2.24) is 5.32 Å². The average molecular weight is 203 g/mol. The molecule has 5 heteroatoms. The fraction of sp³-hybridized carbons (Fsp3) is 0.778. The zero-order valence-electron chi connectivity index (χ0n) is 8.99. The summed E-state index contributed by atoms with van der Waals surface area (Å²) in [7, 11) is 1.46. The Morgan fingerprint density at radius 1 is 1.36 bits per heavy atom. The number of hydrogen-bond acceptors (Lipinski definition) is 4. The first-order chi connectivity index (χ1) is 6.52. The van der Waals surface area contributed by atoms with E-state index in [-0.39, 0.29) is 5.97 Å². The van der Waals surface area contributed by atoms with Gasteiger partial charge in [-0.05, 0) is 20.8 Å². The van der Waals surface area contributed by atoms with Crippen molar-refractivity contribution in [2.45, 2.75) is 26.9 Å². The second-order valence-corrected chi connectivity index (χ2v) is 2.90. The van der Waals surface area contributed by atoms with E-state index in [0.717, 1.165) is 0 Å². The van der Waals surface area contributed by atoms with Crippen LogP contribution in [0.1, 0.15) is 20.8 Å². The van der Waals surface area contributed by atoms with Crippen molar-refractivity contribution >= 4 is 12.1 Å². The number of esters is 1. The predicted molar refractivity (Wildman–Crippen MR) is 50.8 cm³/mol. The van der Waals surface area contributed by atoms with Gasteiger partial charge in [-0.15, -0.1) is 0 Å². The minimum Gasteiger partial charge on any atom is -0.466 e. The lowest BCUT2D eigenvalue weighted by atomic mass is 10.1. The zero-order valence-corrected chi connectivity index (χ0v) is 8.99. The van der Waals surface area contributed by atoms with Gasteiger partial charge >= 0.3 is 12.1 Å². The lowest BCUT2D eigenvalue weighted by Crippen LogP contribution is -2.32. The second-order valence-electron chi connectivity index (χ2n) is 2.90. The molecule has 1 N–H and O–H groups in total. The standard InChI is InChI=1S/C9H17NO4/c1-5-13-8(11)6(2)7(3)14-9(12)10-4/h6-7H,5H2,1-4H3,(H,10,12). The molecule has 1 amide bonds. The van der Waals surface area contributed by atoms with Gasteiger partial charge in [-0.2, -0.15) is 0 Å². The maximum atomic E-state index is 11.2. The molecule has 0 aromatic heterocycles. The second kappa shape index (κ2) is 6.23. The van der Waals surface area contributed by atoms with Gasteiger partial charge in [0.25, 0.3) is 0 Å². The number of ether oxygens (including phenoxy) is 2. The van der Waals surface area contributed by atoms with Crippen LogP contribution in [0.3, 0.4) is 0 Å². The van der Waals surface area contributed by atoms with Crippen LogP contribution in [0.4, 0.5) is 4.79 Å². The highest BCUT2D eigenvalue weighted by Gasteiger charge is 2.24. The molecule has 0 aromatic rings. The van der Waals surface area contributed by atoms with E-state index in [0.29, 0.717) is 6.61 Å². The van der Waals surface area contributed by atoms with Crippen LogP contribution in [0.15, 0.2) is 0 Å². The first kappa shape index (κ1) is 12.7. The van der Waals surface area contributed by atoms with Crippen LogP contribution >= 0.6 is 0 Å². The summed E-state index contributed by atoms with van der Waals surface area (Å²) in [5.41, 5.74) is 0. The monoisotopic (exact) mass is 203 g/mol. The van der Waals surface area contributed by atoms with Crippen LogP contribution in [0.2, 0.25) is 0 Å². The topological polar surface area (TPSA) is 64.6 Å². The van der Waals surface area contributed by atoms with Crippen molar-refractivity contribution in [1.29, 1.82) is 0 Å². The van der Waals surface area contributed by atoms with Crippen molar-refractivity contribution in [3.63, 3.8) is 0 Å². The Morgan fingerprint density at radius 3 is 2.36 bits per heavy atom. The van der Waals surface area contributed by atoms with Gasteiger partial charge in [-0.1, -0.05) is 0 Å². The molecule has 5 nitrogen and oxygen atoms in total. The fourth-order valence-corrected chi connectivity index (χ4v) is 0.795. The summed E-state index contributed by atoms with van der Waals surface area (Å²) in [5, 5.41) is 2.31. The Balaban J connectivity index is 4.04. The minimum absolute atomic E-state index is 0.329. The molecule has 0 fully saturated rings. The van der Waals surface area contributed by atoms with Gasteiger partial charge in [0.1, 0.15) is 6.10 Å². The predicted octanol–water partition coefficient (Wildman–Crippen LogP) is 0.930. The van der Waals surface area contributed by atoms with Gasteiger partial charge in [-0.25, -0.2) is 4.79 Å². The van der Waals surface area contributed by atoms with Gasteiger partial charge in [0.2, 0.25) is 0 Å². The molecule has 0 radical (unpaired) electrons. The van der Waals surface area contributed by atoms with Crippen LogP contribution in [0.25, 0.3) is 0 Å². The molecular formula is C9H17NO4. The molecule has 0 spiro atoms. The van der Waals surface area contributed by atoms with Crippen LogP contribution in [0, 0.1) is 5.92 Å². The van der Waals surface area contributed by atoms with Crippen LogP contribution in [0.5, 0.6) is 0 Å². The molecule has 0 saturated heterocycles. The molecule has 0 rings (SSSR count). The molecule has 0 aromatic carbocycles. The van der Waals surface area contributed by atoms with Crippen molar-refractivity contribution in [2.24, 2.45) is 5.92 Å². The molecule has 2 atom stereocenters. The average Bonchev–Trinajstić information content (AvgIpc) is 2.16. The van der Waals surface area contributed by atoms with E-state index in [1.54, 1.807) is 20.8 Å². The Morgan fingerprint density at radius 2 is 1.93 bits per heavy atom. The number of hydrogen-bond donors (Lipinski definition) is 1. The molecule has 0 bridgehead atoms. The lowest BCUT2D eigenvalue weighted by Gasteiger charge is -2.18. The van der Waals surface area contributed by atoms with Crippen molar-refractivity contribution < 1.29 is 19.1 Å². The Labute approximate surface area is 83.8 Å². The zero-order chi connectivity index (χ0) is 11.1. The molecule has 2 unspecified atom stereocenters. The highest BCUT2D eigenvalue weighted by molar-refractivity contribution is 5.73. The summed E-state index contributed by atoms with van der Waals surface area (Å²) in [4.78, 5) is 22.0. The maximum Gasteiger partial charge on any atom is 0.407 e. The summed E-state index contributed by atoms with van der Waals surface area (Å²) < 4.78 is 9.67. The summed E-state index contributed by atoms with van der Waals surface area (Å²) >= 11 is 0. The number of rotatable bonds is 4. The third-order valence-corrected chi connectivity index (χ3v) is 1.86. The first-order valence-electron chi connectivity index (χ1n) is 4.57. The normalized spacial score (nSPS) is 14.0. The SMILES string of the molecule is CCOC(=O)C(C)C(C)OC(=O)NC. The van der Waals surface area contributed by atoms with Gasteiger partial charge in [0, 0.05) is 7.05 Å². The smallest absolute Gasteiger partial charge is 0.407 e. The first-order valence-corrected chi connectivity index (χ1v) is 4.57. The van der Waals surface area contributed by atoms with Gasteiger partial charge in [0.15, 0.2) is 0 Å². The van der Waals surface area contributed by atoms with Crippen LogP contribution in [-0.4, -0.2) is 31.8 Å². The van der Waals surface area contributed by atoms with Gasteiger partial charge in [-0.3, -0.25) is 4.79 Å².